The van der Waals surface area contributed by atoms with Crippen molar-refractivity contribution >= 4 is 21.6 Å². The molecule has 1 aromatic carbocycles. The molecule has 2 nitrogen and oxygen atoms in total. The van der Waals surface area contributed by atoms with Gasteiger partial charge in [0.15, 0.2) is 0 Å². The summed E-state index contributed by atoms with van der Waals surface area (Å²) < 4.78 is 0.873. The molecule has 2 aromatic rings. The predicted molar refractivity (Wildman–Crippen MR) is 79.9 cm³/mol. The zero-order valence-electron chi connectivity index (χ0n) is 10.4. The highest BCUT2D eigenvalue weighted by Crippen LogP contribution is 2.21. The number of rotatable bonds is 5. The second-order valence-corrected chi connectivity index (χ2v) is 5.12. The Morgan fingerprint density at radius 1 is 1.17 bits per heavy atom. The molecular formula is C15H17BrN2. The van der Waals surface area contributed by atoms with Crippen LogP contribution in [0.3, 0.4) is 0 Å². The summed E-state index contributed by atoms with van der Waals surface area (Å²) in [5.41, 5.74) is 2.45. The normalized spacial score (nSPS) is 12.1. The minimum Gasteiger partial charge on any atom is -0.383 e. The smallest absolute Gasteiger partial charge is 0.129 e. The van der Waals surface area contributed by atoms with E-state index in [2.05, 4.69) is 63.5 Å². The van der Waals surface area contributed by atoms with Crippen molar-refractivity contribution in [2.24, 2.45) is 0 Å². The molecule has 94 valence electrons. The lowest BCUT2D eigenvalue weighted by atomic mass is 9.98. The number of benzene rings is 1. The highest BCUT2D eigenvalue weighted by Gasteiger charge is 2.05. The maximum atomic E-state index is 4.19. The molecule has 0 saturated carbocycles. The molecule has 0 saturated heterocycles. The predicted octanol–water partition coefficient (Wildman–Crippen LogP) is 4.45. The Hall–Kier alpha value is -1.35. The summed E-state index contributed by atoms with van der Waals surface area (Å²) in [6, 6.07) is 14.6. The topological polar surface area (TPSA) is 24.9 Å². The van der Waals surface area contributed by atoms with Gasteiger partial charge in [-0.1, -0.05) is 37.3 Å². The van der Waals surface area contributed by atoms with Gasteiger partial charge in [-0.2, -0.15) is 0 Å². The molecule has 0 radical (unpaired) electrons. The third-order valence-electron chi connectivity index (χ3n) is 3.02. The molecule has 1 atom stereocenters. The van der Waals surface area contributed by atoms with Crippen molar-refractivity contribution in [1.82, 2.24) is 4.98 Å². The lowest BCUT2D eigenvalue weighted by molar-refractivity contribution is 0.705. The van der Waals surface area contributed by atoms with Crippen LogP contribution in [0.2, 0.25) is 0 Å². The van der Waals surface area contributed by atoms with Crippen molar-refractivity contribution < 1.29 is 0 Å². The number of halogens is 1. The molecule has 0 bridgehead atoms. The van der Waals surface area contributed by atoms with E-state index in [0.29, 0.717) is 5.92 Å². The largest absolute Gasteiger partial charge is 0.383 e. The van der Waals surface area contributed by atoms with E-state index in [1.165, 1.54) is 5.56 Å². The molecule has 0 aliphatic rings. The van der Waals surface area contributed by atoms with E-state index < -0.39 is 0 Å². The molecule has 1 unspecified atom stereocenters. The third kappa shape index (κ3) is 3.57. The van der Waals surface area contributed by atoms with Crippen molar-refractivity contribution in [3.05, 3.63) is 58.8 Å². The molecular weight excluding hydrogens is 288 g/mol. The van der Waals surface area contributed by atoms with Gasteiger partial charge in [-0.15, -0.1) is 0 Å². The highest BCUT2D eigenvalue weighted by molar-refractivity contribution is 9.10. The van der Waals surface area contributed by atoms with Crippen LogP contribution in [-0.4, -0.2) is 11.5 Å². The minimum atomic E-state index is 0.564. The molecule has 1 aromatic heterocycles. The lowest BCUT2D eigenvalue weighted by Gasteiger charge is -2.13. The first-order valence-electron chi connectivity index (χ1n) is 6.16. The van der Waals surface area contributed by atoms with Crippen LogP contribution in [0.1, 0.15) is 24.8 Å². The number of pyridine rings is 1. The Morgan fingerprint density at radius 3 is 2.67 bits per heavy atom. The summed E-state index contributed by atoms with van der Waals surface area (Å²) >= 11 is 3.43. The van der Waals surface area contributed by atoms with Crippen LogP contribution in [0, 0.1) is 0 Å². The first-order valence-corrected chi connectivity index (χ1v) is 6.96. The molecule has 0 spiro atoms. The van der Waals surface area contributed by atoms with Crippen LogP contribution in [0.5, 0.6) is 0 Å². The Balaban J connectivity index is 1.84. The van der Waals surface area contributed by atoms with Crippen LogP contribution in [-0.2, 0) is 0 Å². The van der Waals surface area contributed by atoms with Crippen LogP contribution >= 0.6 is 15.9 Å². The summed E-state index contributed by atoms with van der Waals surface area (Å²) in [4.78, 5) is 4.19. The lowest BCUT2D eigenvalue weighted by Crippen LogP contribution is -2.06. The summed E-state index contributed by atoms with van der Waals surface area (Å²) in [6.45, 7) is 3.20. The van der Waals surface area contributed by atoms with Gasteiger partial charge < -0.3 is 5.32 Å². The van der Waals surface area contributed by atoms with Gasteiger partial charge in [0.05, 0.1) is 5.69 Å². The summed E-state index contributed by atoms with van der Waals surface area (Å²) in [6.07, 6.45) is 2.88. The number of aromatic nitrogens is 1. The maximum Gasteiger partial charge on any atom is 0.129 e. The maximum absolute atomic E-state index is 4.19. The second kappa shape index (κ2) is 6.55. The van der Waals surface area contributed by atoms with Crippen molar-refractivity contribution in [3.8, 4) is 0 Å². The summed E-state index contributed by atoms with van der Waals surface area (Å²) in [7, 11) is 0. The number of nitrogens with zero attached hydrogens (tertiary/aromatic N) is 1. The van der Waals surface area contributed by atoms with Crippen molar-refractivity contribution in [2.45, 2.75) is 19.3 Å². The van der Waals surface area contributed by atoms with Gasteiger partial charge in [0.2, 0.25) is 0 Å². The standard InChI is InChI=1S/C15H17BrN2/c1-12(13-6-3-2-4-7-13)9-11-17-14-8-5-10-18-15(14)16/h2-8,10,12,17H,9,11H2,1H3. The van der Waals surface area contributed by atoms with E-state index in [0.717, 1.165) is 23.3 Å². The Labute approximate surface area is 117 Å². The second-order valence-electron chi connectivity index (χ2n) is 4.37. The van der Waals surface area contributed by atoms with Crippen LogP contribution in [0.15, 0.2) is 53.3 Å². The SMILES string of the molecule is CC(CCNc1cccnc1Br)c1ccccc1. The molecule has 0 aliphatic heterocycles. The fourth-order valence-corrected chi connectivity index (χ4v) is 2.28. The first-order chi connectivity index (χ1) is 8.77. The molecule has 0 amide bonds. The Morgan fingerprint density at radius 2 is 1.94 bits per heavy atom. The summed E-state index contributed by atoms with van der Waals surface area (Å²) in [5.74, 6) is 0.564. The average molecular weight is 305 g/mol. The molecule has 0 aliphatic carbocycles. The average Bonchev–Trinajstić information content (AvgIpc) is 2.42. The van der Waals surface area contributed by atoms with E-state index >= 15 is 0 Å². The zero-order chi connectivity index (χ0) is 12.8. The Kier molecular flexibility index (Phi) is 4.76. The van der Waals surface area contributed by atoms with Gasteiger partial charge in [0.25, 0.3) is 0 Å². The van der Waals surface area contributed by atoms with Gasteiger partial charge in [-0.25, -0.2) is 4.98 Å². The van der Waals surface area contributed by atoms with E-state index in [-0.39, 0.29) is 0 Å². The fraction of sp³-hybridized carbons (Fsp3) is 0.267. The molecule has 1 N–H and O–H groups in total. The minimum absolute atomic E-state index is 0.564. The molecule has 3 heteroatoms. The van der Waals surface area contributed by atoms with Gasteiger partial charge in [-0.3, -0.25) is 0 Å². The van der Waals surface area contributed by atoms with Crippen molar-refractivity contribution in [1.29, 1.82) is 0 Å². The van der Waals surface area contributed by atoms with E-state index in [1.54, 1.807) is 6.20 Å². The summed E-state index contributed by atoms with van der Waals surface area (Å²) in [5, 5.41) is 3.40. The number of anilines is 1. The van der Waals surface area contributed by atoms with Gasteiger partial charge in [0.1, 0.15) is 4.60 Å². The zero-order valence-corrected chi connectivity index (χ0v) is 12.0. The molecule has 0 fully saturated rings. The van der Waals surface area contributed by atoms with Crippen molar-refractivity contribution in [2.75, 3.05) is 11.9 Å². The Bertz CT molecular complexity index is 485. The van der Waals surface area contributed by atoms with E-state index in [9.17, 15) is 0 Å². The first kappa shape index (κ1) is 13.1. The molecule has 1 heterocycles. The van der Waals surface area contributed by atoms with Crippen LogP contribution < -0.4 is 5.32 Å². The number of hydrogen-bond acceptors (Lipinski definition) is 2. The molecule has 2 rings (SSSR count). The monoisotopic (exact) mass is 304 g/mol. The number of hydrogen-bond donors (Lipinski definition) is 1. The molecule has 18 heavy (non-hydrogen) atoms. The third-order valence-corrected chi connectivity index (χ3v) is 3.65. The van der Waals surface area contributed by atoms with Crippen LogP contribution in [0.25, 0.3) is 0 Å². The van der Waals surface area contributed by atoms with Crippen molar-refractivity contribution in [3.63, 3.8) is 0 Å². The van der Waals surface area contributed by atoms with Gasteiger partial charge in [-0.05, 0) is 46.0 Å². The van der Waals surface area contributed by atoms with E-state index in [4.69, 9.17) is 0 Å². The fourth-order valence-electron chi connectivity index (χ4n) is 1.89. The van der Waals surface area contributed by atoms with Gasteiger partial charge in [0, 0.05) is 12.7 Å². The van der Waals surface area contributed by atoms with Gasteiger partial charge >= 0.3 is 0 Å². The van der Waals surface area contributed by atoms with Crippen LogP contribution in [0.4, 0.5) is 5.69 Å². The quantitative estimate of drug-likeness (QED) is 0.826. The van der Waals surface area contributed by atoms with E-state index in [1.807, 2.05) is 12.1 Å². The highest BCUT2D eigenvalue weighted by atomic mass is 79.9. The number of nitrogens with one attached hydrogen (secondary N) is 1.